The van der Waals surface area contributed by atoms with Gasteiger partial charge in [-0.3, -0.25) is 4.79 Å². The van der Waals surface area contributed by atoms with E-state index in [1.165, 1.54) is 13.0 Å². The first kappa shape index (κ1) is 17.2. The number of hydrogen-bond donors (Lipinski definition) is 1. The van der Waals surface area contributed by atoms with E-state index in [2.05, 4.69) is 15.9 Å². The Bertz CT molecular complexity index is 1000. The molecule has 0 aliphatic carbocycles. The van der Waals surface area contributed by atoms with E-state index in [4.69, 9.17) is 14.3 Å². The third-order valence-corrected chi connectivity index (χ3v) is 4.36. The molecule has 1 N–H and O–H groups in total. The summed E-state index contributed by atoms with van der Waals surface area (Å²) in [5.74, 6) is -0.243. The van der Waals surface area contributed by atoms with Gasteiger partial charge in [-0.1, -0.05) is 28.1 Å². The average molecular weight is 403 g/mol. The third-order valence-electron chi connectivity index (χ3n) is 3.83. The van der Waals surface area contributed by atoms with Crippen LogP contribution in [0, 0.1) is 6.92 Å². The van der Waals surface area contributed by atoms with Crippen molar-refractivity contribution in [3.63, 3.8) is 0 Å². The van der Waals surface area contributed by atoms with Crippen molar-refractivity contribution in [3.05, 3.63) is 62.9 Å². The van der Waals surface area contributed by atoms with E-state index in [0.717, 1.165) is 10.0 Å². The topological polar surface area (TPSA) is 76.7 Å². The molecule has 2 aromatic carbocycles. The summed E-state index contributed by atoms with van der Waals surface area (Å²) in [7, 11) is 0. The van der Waals surface area contributed by atoms with Crippen LogP contribution >= 0.6 is 15.9 Å². The lowest BCUT2D eigenvalue weighted by molar-refractivity contribution is -0.144. The Balaban J connectivity index is 2.10. The maximum atomic E-state index is 12.9. The molecule has 0 bridgehead atoms. The number of halogens is 1. The summed E-state index contributed by atoms with van der Waals surface area (Å²) in [5, 5.41) is 9.34. The van der Waals surface area contributed by atoms with E-state index in [9.17, 15) is 9.59 Å². The van der Waals surface area contributed by atoms with E-state index in [1.807, 2.05) is 24.3 Å². The maximum Gasteiger partial charge on any atom is 0.344 e. The molecule has 0 amide bonds. The molecule has 0 radical (unpaired) electrons. The van der Waals surface area contributed by atoms with E-state index in [-0.39, 0.29) is 5.43 Å². The molecular weight excluding hydrogens is 388 g/mol. The molecule has 3 rings (SSSR count). The quantitative estimate of drug-likeness (QED) is 0.700. The van der Waals surface area contributed by atoms with Crippen molar-refractivity contribution in [2.75, 3.05) is 0 Å². The van der Waals surface area contributed by atoms with Gasteiger partial charge < -0.3 is 14.3 Å². The van der Waals surface area contributed by atoms with Crippen LogP contribution < -0.4 is 10.2 Å². The lowest BCUT2D eigenvalue weighted by Gasteiger charge is -2.12. The van der Waals surface area contributed by atoms with Crippen LogP contribution in [0.5, 0.6) is 5.75 Å². The molecule has 25 heavy (non-hydrogen) atoms. The van der Waals surface area contributed by atoms with Crippen LogP contribution in [0.3, 0.4) is 0 Å². The average Bonchev–Trinajstić information content (AvgIpc) is 2.56. The number of aliphatic carboxylic acids is 1. The number of hydrogen-bond acceptors (Lipinski definition) is 4. The predicted octanol–water partition coefficient (Wildman–Crippen LogP) is 4.38. The summed E-state index contributed by atoms with van der Waals surface area (Å²) in [6, 6.07) is 12.1. The molecule has 0 unspecified atom stereocenters. The van der Waals surface area contributed by atoms with Crippen LogP contribution in [0.4, 0.5) is 0 Å². The second-order valence-electron chi connectivity index (χ2n) is 5.63. The number of carboxylic acid groups (broad SMARTS) is 1. The first-order chi connectivity index (χ1) is 11.9. The van der Waals surface area contributed by atoms with Gasteiger partial charge in [-0.05, 0) is 43.7 Å². The summed E-state index contributed by atoms with van der Waals surface area (Å²) in [6.07, 6.45) is -0.993. The number of ether oxygens (including phenoxy) is 1. The molecule has 5 nitrogen and oxygen atoms in total. The molecular formula is C19H15BrO5. The van der Waals surface area contributed by atoms with Gasteiger partial charge in [-0.2, -0.15) is 0 Å². The zero-order valence-corrected chi connectivity index (χ0v) is 15.2. The van der Waals surface area contributed by atoms with Crippen molar-refractivity contribution >= 4 is 32.9 Å². The number of fused-ring (bicyclic) bond motifs is 1. The van der Waals surface area contributed by atoms with Crippen molar-refractivity contribution in [1.82, 2.24) is 0 Å². The SMILES string of the molecule is Cc1oc2cc(O[C@@H](C)C(=O)O)ccc2c(=O)c1-c1ccc(Br)cc1. The van der Waals surface area contributed by atoms with Crippen molar-refractivity contribution in [2.45, 2.75) is 20.0 Å². The molecule has 0 aliphatic rings. The second kappa shape index (κ2) is 6.72. The Hall–Kier alpha value is -2.60. The molecule has 0 saturated heterocycles. The molecule has 0 spiro atoms. The lowest BCUT2D eigenvalue weighted by atomic mass is 10.0. The fourth-order valence-corrected chi connectivity index (χ4v) is 2.83. The Morgan fingerprint density at radius 3 is 2.52 bits per heavy atom. The molecule has 0 saturated carbocycles. The van der Waals surface area contributed by atoms with Gasteiger partial charge in [0.05, 0.1) is 10.9 Å². The van der Waals surface area contributed by atoms with E-state index >= 15 is 0 Å². The fraction of sp³-hybridized carbons (Fsp3) is 0.158. The highest BCUT2D eigenvalue weighted by Gasteiger charge is 2.16. The summed E-state index contributed by atoms with van der Waals surface area (Å²) < 4.78 is 12.1. The first-order valence-corrected chi connectivity index (χ1v) is 8.39. The normalized spacial score (nSPS) is 12.1. The predicted molar refractivity (Wildman–Crippen MR) is 98.1 cm³/mol. The number of rotatable bonds is 4. The number of carbonyl (C=O) groups is 1. The van der Waals surface area contributed by atoms with Gasteiger partial charge in [0.1, 0.15) is 17.1 Å². The first-order valence-electron chi connectivity index (χ1n) is 7.59. The third kappa shape index (κ3) is 3.44. The van der Waals surface area contributed by atoms with Gasteiger partial charge >= 0.3 is 5.97 Å². The van der Waals surface area contributed by atoms with Crippen LogP contribution in [0.15, 0.2) is 56.1 Å². The Labute approximate surface area is 152 Å². The van der Waals surface area contributed by atoms with E-state index in [0.29, 0.717) is 28.0 Å². The molecule has 0 aliphatic heterocycles. The van der Waals surface area contributed by atoms with Crippen molar-refractivity contribution in [2.24, 2.45) is 0 Å². The van der Waals surface area contributed by atoms with Crippen molar-refractivity contribution < 1.29 is 19.1 Å². The Morgan fingerprint density at radius 1 is 1.20 bits per heavy atom. The molecule has 128 valence electrons. The lowest BCUT2D eigenvalue weighted by Crippen LogP contribution is -2.22. The van der Waals surface area contributed by atoms with Crippen LogP contribution in [0.25, 0.3) is 22.1 Å². The molecule has 1 atom stereocenters. The van der Waals surface area contributed by atoms with Crippen LogP contribution in [-0.4, -0.2) is 17.2 Å². The van der Waals surface area contributed by atoms with Crippen molar-refractivity contribution in [3.8, 4) is 16.9 Å². The number of aryl methyl sites for hydroxylation is 1. The largest absolute Gasteiger partial charge is 0.479 e. The van der Waals surface area contributed by atoms with E-state index in [1.54, 1.807) is 19.1 Å². The molecule has 0 fully saturated rings. The monoisotopic (exact) mass is 402 g/mol. The van der Waals surface area contributed by atoms with Crippen LogP contribution in [0.2, 0.25) is 0 Å². The van der Waals surface area contributed by atoms with E-state index < -0.39 is 12.1 Å². The summed E-state index contributed by atoms with van der Waals surface area (Å²) >= 11 is 3.38. The second-order valence-corrected chi connectivity index (χ2v) is 6.54. The van der Waals surface area contributed by atoms with Gasteiger partial charge in [0.2, 0.25) is 5.43 Å². The van der Waals surface area contributed by atoms with Gasteiger partial charge in [-0.25, -0.2) is 4.79 Å². The summed E-state index contributed by atoms with van der Waals surface area (Å²) in [5.41, 5.74) is 1.50. The molecule has 1 heterocycles. The zero-order valence-electron chi connectivity index (χ0n) is 13.6. The highest BCUT2D eigenvalue weighted by molar-refractivity contribution is 9.10. The summed E-state index contributed by atoms with van der Waals surface area (Å²) in [6.45, 7) is 3.16. The Kier molecular flexibility index (Phi) is 4.63. The minimum atomic E-state index is -1.07. The smallest absolute Gasteiger partial charge is 0.344 e. The van der Waals surface area contributed by atoms with Gasteiger partial charge in [0.25, 0.3) is 0 Å². The van der Waals surface area contributed by atoms with Gasteiger partial charge in [0, 0.05) is 10.5 Å². The Morgan fingerprint density at radius 2 is 1.88 bits per heavy atom. The minimum Gasteiger partial charge on any atom is -0.479 e. The highest BCUT2D eigenvalue weighted by atomic mass is 79.9. The van der Waals surface area contributed by atoms with Gasteiger partial charge in [-0.15, -0.1) is 0 Å². The molecule has 6 heteroatoms. The highest BCUT2D eigenvalue weighted by Crippen LogP contribution is 2.27. The maximum absolute atomic E-state index is 12.9. The van der Waals surface area contributed by atoms with Crippen LogP contribution in [-0.2, 0) is 4.79 Å². The standard InChI is InChI=1S/C19H15BrO5/c1-10-17(12-3-5-13(20)6-4-12)18(21)15-8-7-14(9-16(15)25-10)24-11(2)19(22)23/h3-9,11H,1-2H3,(H,22,23)/t11-/m0/s1. The fourth-order valence-electron chi connectivity index (χ4n) is 2.56. The molecule has 3 aromatic rings. The van der Waals surface area contributed by atoms with Gasteiger partial charge in [0.15, 0.2) is 6.10 Å². The summed E-state index contributed by atoms with van der Waals surface area (Å²) in [4.78, 5) is 23.8. The zero-order chi connectivity index (χ0) is 18.1. The van der Waals surface area contributed by atoms with Crippen molar-refractivity contribution in [1.29, 1.82) is 0 Å². The number of benzene rings is 2. The number of carboxylic acids is 1. The minimum absolute atomic E-state index is 0.140. The van der Waals surface area contributed by atoms with Crippen LogP contribution in [0.1, 0.15) is 12.7 Å². The molecule has 1 aromatic heterocycles.